The number of nitrogens with one attached hydrogen (secondary N) is 5. The first-order valence-corrected chi connectivity index (χ1v) is 37.4. The molecule has 2 aromatic carbocycles. The number of aromatic nitrogens is 6. The van der Waals surface area contributed by atoms with Gasteiger partial charge in [-0.15, -0.1) is 0 Å². The van der Waals surface area contributed by atoms with Crippen LogP contribution < -0.4 is 31.6 Å². The summed E-state index contributed by atoms with van der Waals surface area (Å²) in [7, 11) is 1.46. The standard InChI is InChI=1S/C62H80N12O23P2S2/c1-37(2)51(68-47(75)16-19-86-21-23-88-25-27-90-28-26-89-24-22-87-20-18-73-49(76)13-14-50(73)77)58(81)66-38(3)56(79)67-42-11-9-39(10-12-42)32-91-62(83)72(4)31-40-7-5-6-8-44(40)57(80)70-61-69-55-52(59(82)71-61)65-36-74(55)60-54-53(78)46(95-60)34-93-98(84,100)96-45-30-43(94-48-15-17-63-35-64-48)29-41(45)33-92-99(85,101)97-54/h5-15,17,35-38,41,43,45-46,51,53-54,60,78H,16,18-34H2,1-4H3,(H,66,81)(H,67,79)(H,68,75)(H,84,100)(H,85,101)(H2,69,70,71,80,82)/t38-,41+,43+,45-,46+,51-,53+,54+,60+,98?,99?/m0/s1. The normalized spacial score (nSPS) is 23.5. The molecule has 548 valence electrons. The summed E-state index contributed by atoms with van der Waals surface area (Å²) in [6, 6.07) is 12.4. The van der Waals surface area contributed by atoms with Crippen LogP contribution in [0.2, 0.25) is 0 Å². The minimum Gasteiger partial charge on any atom is -0.474 e. The van der Waals surface area contributed by atoms with Crippen LogP contribution in [-0.2, 0) is 105 Å². The number of imidazole rings is 1. The van der Waals surface area contributed by atoms with E-state index in [4.69, 9.17) is 67.8 Å². The maximum Gasteiger partial charge on any atom is 0.410 e. The molecule has 2 bridgehead atoms. The second-order valence-corrected chi connectivity index (χ2v) is 29.4. The first kappa shape index (κ1) is 77.6. The SMILES string of the molecule is CC(C)[C@H](NC(=O)CCOCCOCCOCCOCCOCCN1C(=O)C=CC1=O)C(=O)N[C@@H](C)C(=O)Nc1ccc(COC(=O)N(C)Cc2ccccc2C(=O)Nc2nc3c(ncn3[C@@H]3O[C@@H]4COP(O)(=S)O[C@H]5C[C@H](Oc6ccncn6)C[C@@H]5COP(=O)(S)O[C@@H]3[C@@H]4O)c(=O)[nH]2)cc1. The molecular weight excluding hydrogens is 1410 g/mol. The van der Waals surface area contributed by atoms with Gasteiger partial charge >= 0.3 is 19.6 Å². The van der Waals surface area contributed by atoms with Crippen molar-refractivity contribution in [2.24, 2.45) is 11.8 Å². The highest BCUT2D eigenvalue weighted by Crippen LogP contribution is 2.59. The lowest BCUT2D eigenvalue weighted by atomic mass is 10.0. The van der Waals surface area contributed by atoms with Crippen molar-refractivity contribution in [2.75, 3.05) is 104 Å². The molecule has 7 amide bonds. The number of H-pyrrole nitrogens is 1. The van der Waals surface area contributed by atoms with Crippen LogP contribution in [0.15, 0.2) is 90.4 Å². The highest BCUT2D eigenvalue weighted by molar-refractivity contribution is 8.44. The van der Waals surface area contributed by atoms with E-state index in [1.807, 2.05) is 0 Å². The summed E-state index contributed by atoms with van der Waals surface area (Å²) < 4.78 is 83.6. The minimum atomic E-state index is -4.38. The van der Waals surface area contributed by atoms with E-state index in [1.54, 1.807) is 62.4 Å². The number of benzene rings is 2. The van der Waals surface area contributed by atoms with Crippen LogP contribution in [0.25, 0.3) is 11.2 Å². The summed E-state index contributed by atoms with van der Waals surface area (Å²) >= 11 is 9.62. The van der Waals surface area contributed by atoms with Gasteiger partial charge in [-0.2, -0.15) is 4.98 Å². The molecule has 4 aliphatic rings. The number of aromatic amines is 1. The predicted molar refractivity (Wildman–Crippen MR) is 362 cm³/mol. The molecule has 1 aliphatic carbocycles. The Labute approximate surface area is 589 Å². The van der Waals surface area contributed by atoms with E-state index in [0.717, 1.165) is 11.2 Å². The Bertz CT molecular complexity index is 3860. The fourth-order valence-electron chi connectivity index (χ4n) is 10.7. The molecule has 0 spiro atoms. The number of carbonyl (C=O) groups excluding carboxylic acids is 7. The van der Waals surface area contributed by atoms with Gasteiger partial charge in [-0.25, -0.2) is 24.3 Å². The van der Waals surface area contributed by atoms with Crippen molar-refractivity contribution in [1.29, 1.82) is 0 Å². The Morgan fingerprint density at radius 3 is 2.16 bits per heavy atom. The maximum absolute atomic E-state index is 14.0. The van der Waals surface area contributed by atoms with Crippen molar-refractivity contribution in [3.8, 4) is 5.88 Å². The van der Waals surface area contributed by atoms with E-state index in [1.165, 1.54) is 54.2 Å². The Balaban J connectivity index is 0.680. The fourth-order valence-corrected chi connectivity index (χ4v) is 13.7. The van der Waals surface area contributed by atoms with Crippen LogP contribution in [0, 0.1) is 11.8 Å². The maximum atomic E-state index is 14.0. The van der Waals surface area contributed by atoms with Gasteiger partial charge in [0.25, 0.3) is 23.3 Å². The van der Waals surface area contributed by atoms with Crippen molar-refractivity contribution in [3.63, 3.8) is 0 Å². The molecule has 39 heteroatoms. The zero-order valence-electron chi connectivity index (χ0n) is 55.4. The second kappa shape index (κ2) is 37.1. The number of carbonyl (C=O) groups is 7. The lowest BCUT2D eigenvalue weighted by Gasteiger charge is -2.27. The Morgan fingerprint density at radius 1 is 0.812 bits per heavy atom. The van der Waals surface area contributed by atoms with E-state index in [-0.39, 0.29) is 106 Å². The predicted octanol–water partition coefficient (Wildman–Crippen LogP) is 3.10. The molecule has 101 heavy (non-hydrogen) atoms. The van der Waals surface area contributed by atoms with Crippen LogP contribution in [0.1, 0.15) is 67.7 Å². The molecule has 3 aromatic heterocycles. The number of anilines is 2. The summed E-state index contributed by atoms with van der Waals surface area (Å²) in [5.41, 5.74) is 0.200. The molecule has 6 heterocycles. The molecule has 2 saturated heterocycles. The Hall–Kier alpha value is -7.55. The van der Waals surface area contributed by atoms with E-state index in [2.05, 4.69) is 58.4 Å². The fraction of sp³-hybridized carbons (Fsp3) is 0.516. The van der Waals surface area contributed by atoms with E-state index < -0.39 is 110 Å². The average molecular weight is 1490 g/mol. The zero-order chi connectivity index (χ0) is 72.2. The number of rotatable bonds is 33. The number of ether oxygens (including phenoxy) is 8. The highest BCUT2D eigenvalue weighted by Gasteiger charge is 2.51. The Morgan fingerprint density at radius 2 is 1.49 bits per heavy atom. The molecule has 7 N–H and O–H groups in total. The topological polar surface area (TPSA) is 432 Å². The van der Waals surface area contributed by atoms with Gasteiger partial charge in [0.2, 0.25) is 29.5 Å². The smallest absolute Gasteiger partial charge is 0.410 e. The van der Waals surface area contributed by atoms with Gasteiger partial charge in [0.15, 0.2) is 17.4 Å². The molecule has 2 unspecified atom stereocenters. The Kier molecular flexibility index (Phi) is 28.5. The van der Waals surface area contributed by atoms with E-state index >= 15 is 0 Å². The molecule has 11 atom stereocenters. The summed E-state index contributed by atoms with van der Waals surface area (Å²) in [4.78, 5) is 136. The molecule has 5 aromatic rings. The number of imide groups is 1. The van der Waals surface area contributed by atoms with Crippen molar-refractivity contribution in [2.45, 2.75) is 102 Å². The molecule has 1 saturated carbocycles. The van der Waals surface area contributed by atoms with Crippen molar-refractivity contribution in [3.05, 3.63) is 113 Å². The summed E-state index contributed by atoms with van der Waals surface area (Å²) in [6.45, 7) is -1.60. The molecule has 3 aliphatic heterocycles. The molecule has 3 fully saturated rings. The van der Waals surface area contributed by atoms with Gasteiger partial charge in [-0.3, -0.25) is 57.9 Å². The largest absolute Gasteiger partial charge is 0.474 e. The quantitative estimate of drug-likeness (QED) is 0.0129. The third-order valence-electron chi connectivity index (χ3n) is 16.0. The van der Waals surface area contributed by atoms with Gasteiger partial charge in [0.05, 0.1) is 98.3 Å². The number of aliphatic hydroxyl groups is 1. The number of aliphatic hydroxyl groups excluding tert-OH is 1. The van der Waals surface area contributed by atoms with Gasteiger partial charge in [0, 0.05) is 68.0 Å². The van der Waals surface area contributed by atoms with Crippen LogP contribution in [0.3, 0.4) is 0 Å². The van der Waals surface area contributed by atoms with Crippen LogP contribution in [-0.4, -0.2) is 226 Å². The number of nitrogens with zero attached hydrogens (tertiary/aromatic N) is 7. The van der Waals surface area contributed by atoms with Crippen molar-refractivity contribution in [1.82, 2.24) is 49.9 Å². The summed E-state index contributed by atoms with van der Waals surface area (Å²) in [5.74, 6) is -3.91. The third-order valence-corrected chi connectivity index (χ3v) is 19.2. The molecule has 9 rings (SSSR count). The van der Waals surface area contributed by atoms with E-state index in [0.29, 0.717) is 68.8 Å². The summed E-state index contributed by atoms with van der Waals surface area (Å²) in [5, 5.41) is 22.3. The lowest BCUT2D eigenvalue weighted by Crippen LogP contribution is -2.53. The van der Waals surface area contributed by atoms with Gasteiger partial charge in [-0.1, -0.05) is 56.4 Å². The number of thiol groups is 1. The van der Waals surface area contributed by atoms with Crippen LogP contribution in [0.4, 0.5) is 16.4 Å². The van der Waals surface area contributed by atoms with Gasteiger partial charge in [0.1, 0.15) is 49.4 Å². The monoisotopic (exact) mass is 1490 g/mol. The first-order valence-electron chi connectivity index (χ1n) is 32.1. The molecular formula is C62H80N12O23P2S2. The number of hydrogen-bond acceptors (Lipinski definition) is 27. The van der Waals surface area contributed by atoms with Gasteiger partial charge in [-0.05, 0) is 60.4 Å². The highest BCUT2D eigenvalue weighted by atomic mass is 32.7. The number of fused-ring (bicyclic) bond motifs is 4. The lowest BCUT2D eigenvalue weighted by molar-refractivity contribution is -0.137. The number of hydrogen-bond donors (Lipinski definition) is 8. The van der Waals surface area contributed by atoms with Crippen molar-refractivity contribution < 1.29 is 104 Å². The second-order valence-electron chi connectivity index (χ2n) is 23.8. The molecule has 35 nitrogen and oxygen atoms in total. The van der Waals surface area contributed by atoms with Crippen LogP contribution in [0.5, 0.6) is 5.88 Å². The van der Waals surface area contributed by atoms with Gasteiger partial charge < -0.3 is 82.3 Å². The third kappa shape index (κ3) is 22.7. The summed E-state index contributed by atoms with van der Waals surface area (Å²) in [6.07, 6.45) is -1.07. The minimum absolute atomic E-state index is 0.0243. The molecule has 0 radical (unpaired) electrons. The van der Waals surface area contributed by atoms with Crippen molar-refractivity contribution >= 4 is 102 Å². The van der Waals surface area contributed by atoms with E-state index in [9.17, 15) is 52.9 Å². The van der Waals surface area contributed by atoms with Crippen LogP contribution >= 0.6 is 25.8 Å². The zero-order valence-corrected chi connectivity index (χ0v) is 58.9. The number of amides is 7. The average Bonchev–Trinajstić information content (AvgIpc) is 1.61. The first-order chi connectivity index (χ1) is 48.4.